The summed E-state index contributed by atoms with van der Waals surface area (Å²) in [5, 5.41) is 0. The van der Waals surface area contributed by atoms with Gasteiger partial charge in [-0.1, -0.05) is 0 Å². The number of carbonyl (C=O) groups excluding carboxylic acids is 2. The molecule has 1 atom stereocenters. The van der Waals surface area contributed by atoms with Crippen LogP contribution in [-0.4, -0.2) is 64.5 Å². The van der Waals surface area contributed by atoms with Crippen LogP contribution in [0.3, 0.4) is 0 Å². The van der Waals surface area contributed by atoms with E-state index in [1.165, 1.54) is 7.11 Å². The molecular formula is C16H24N4O3. The van der Waals surface area contributed by atoms with Gasteiger partial charge in [-0.15, -0.1) is 0 Å². The lowest BCUT2D eigenvalue weighted by Gasteiger charge is -2.33. The Labute approximate surface area is 136 Å². The molecule has 7 nitrogen and oxygen atoms in total. The second-order valence-corrected chi connectivity index (χ2v) is 6.24. The monoisotopic (exact) mass is 320 g/mol. The molecule has 3 heterocycles. The van der Waals surface area contributed by atoms with Gasteiger partial charge >= 0.3 is 0 Å². The summed E-state index contributed by atoms with van der Waals surface area (Å²) in [5.41, 5.74) is 0.796. The second kappa shape index (κ2) is 6.70. The molecule has 0 saturated carbocycles. The second-order valence-electron chi connectivity index (χ2n) is 6.24. The molecule has 1 fully saturated rings. The largest absolute Gasteiger partial charge is 0.375 e. The Morgan fingerprint density at radius 2 is 1.96 bits per heavy atom. The molecule has 0 spiro atoms. The number of ether oxygens (including phenoxy) is 1. The first kappa shape index (κ1) is 16.0. The Kier molecular flexibility index (Phi) is 4.66. The van der Waals surface area contributed by atoms with Gasteiger partial charge in [0.15, 0.2) is 0 Å². The molecule has 0 aliphatic carbocycles. The molecule has 2 amide bonds. The van der Waals surface area contributed by atoms with E-state index in [0.717, 1.165) is 37.4 Å². The summed E-state index contributed by atoms with van der Waals surface area (Å²) in [7, 11) is 1.52. The van der Waals surface area contributed by atoms with Crippen molar-refractivity contribution >= 4 is 11.8 Å². The zero-order chi connectivity index (χ0) is 16.4. The van der Waals surface area contributed by atoms with E-state index in [-0.39, 0.29) is 24.5 Å². The van der Waals surface area contributed by atoms with Gasteiger partial charge in [-0.05, 0) is 19.8 Å². The number of carbonyl (C=O) groups is 2. The normalized spacial score (nSPS) is 20.7. The minimum Gasteiger partial charge on any atom is -0.375 e. The van der Waals surface area contributed by atoms with Gasteiger partial charge in [0, 0.05) is 39.5 Å². The van der Waals surface area contributed by atoms with Crippen LogP contribution in [0, 0.1) is 0 Å². The molecule has 7 heteroatoms. The third-order valence-electron chi connectivity index (χ3n) is 4.66. The Balaban J connectivity index is 1.70. The van der Waals surface area contributed by atoms with Crippen LogP contribution in [-0.2, 0) is 27.3 Å². The molecule has 1 aromatic rings. The van der Waals surface area contributed by atoms with Crippen molar-refractivity contribution in [2.45, 2.75) is 38.8 Å². The molecule has 2 aliphatic rings. The van der Waals surface area contributed by atoms with Gasteiger partial charge in [0.05, 0.1) is 18.2 Å². The van der Waals surface area contributed by atoms with Gasteiger partial charge in [-0.2, -0.15) is 0 Å². The van der Waals surface area contributed by atoms with Crippen LogP contribution < -0.4 is 0 Å². The van der Waals surface area contributed by atoms with Crippen molar-refractivity contribution in [3.8, 4) is 0 Å². The number of likely N-dealkylation sites (tertiary alicyclic amines) is 1. The Bertz CT molecular complexity index is 592. The van der Waals surface area contributed by atoms with Crippen molar-refractivity contribution in [2.75, 3.05) is 33.4 Å². The van der Waals surface area contributed by atoms with E-state index >= 15 is 0 Å². The highest BCUT2D eigenvalue weighted by atomic mass is 16.5. The van der Waals surface area contributed by atoms with Crippen molar-refractivity contribution in [2.24, 2.45) is 0 Å². The fourth-order valence-electron chi connectivity index (χ4n) is 3.41. The molecule has 23 heavy (non-hydrogen) atoms. The van der Waals surface area contributed by atoms with E-state index in [2.05, 4.69) is 9.55 Å². The molecule has 126 valence electrons. The first-order valence-electron chi connectivity index (χ1n) is 8.22. The van der Waals surface area contributed by atoms with Crippen molar-refractivity contribution in [3.63, 3.8) is 0 Å². The number of hydrogen-bond acceptors (Lipinski definition) is 4. The molecule has 0 N–H and O–H groups in total. The Hall–Kier alpha value is -1.89. The zero-order valence-corrected chi connectivity index (χ0v) is 13.8. The fourth-order valence-corrected chi connectivity index (χ4v) is 3.41. The van der Waals surface area contributed by atoms with Gasteiger partial charge in [0.2, 0.25) is 11.8 Å². The molecule has 0 radical (unpaired) electrons. The number of hydrogen-bond donors (Lipinski definition) is 0. The first-order chi connectivity index (χ1) is 11.1. The maximum atomic E-state index is 12.3. The first-order valence-corrected chi connectivity index (χ1v) is 8.22. The van der Waals surface area contributed by atoms with E-state index in [0.29, 0.717) is 19.5 Å². The summed E-state index contributed by atoms with van der Waals surface area (Å²) in [4.78, 5) is 32.7. The smallest absolute Gasteiger partial charge is 0.249 e. The number of rotatable bonds is 4. The molecule has 1 saturated heterocycles. The zero-order valence-electron chi connectivity index (χ0n) is 13.8. The third-order valence-corrected chi connectivity index (χ3v) is 4.66. The van der Waals surface area contributed by atoms with Crippen LogP contribution in [0.5, 0.6) is 0 Å². The number of methoxy groups -OCH3 is 1. The topological polar surface area (TPSA) is 67.7 Å². The summed E-state index contributed by atoms with van der Waals surface area (Å²) in [5.74, 6) is 0.979. The van der Waals surface area contributed by atoms with Crippen molar-refractivity contribution in [1.82, 2.24) is 19.4 Å². The van der Waals surface area contributed by atoms with Gasteiger partial charge in [-0.3, -0.25) is 9.59 Å². The number of imidazole rings is 1. The maximum Gasteiger partial charge on any atom is 0.249 e. The average molecular weight is 320 g/mol. The molecule has 0 bridgehead atoms. The van der Waals surface area contributed by atoms with Crippen molar-refractivity contribution in [3.05, 3.63) is 17.7 Å². The van der Waals surface area contributed by atoms with Gasteiger partial charge in [0.25, 0.3) is 0 Å². The minimum absolute atomic E-state index is 0.0241. The van der Waals surface area contributed by atoms with Gasteiger partial charge < -0.3 is 19.1 Å². The van der Waals surface area contributed by atoms with E-state index in [9.17, 15) is 9.59 Å². The Morgan fingerprint density at radius 3 is 2.65 bits per heavy atom. The summed E-state index contributed by atoms with van der Waals surface area (Å²) in [6, 6.07) is -0.0953. The Morgan fingerprint density at radius 1 is 1.22 bits per heavy atom. The molecule has 0 aromatic carbocycles. The lowest BCUT2D eigenvalue weighted by Crippen LogP contribution is -2.42. The lowest BCUT2D eigenvalue weighted by atomic mass is 10.2. The third kappa shape index (κ3) is 3.24. The van der Waals surface area contributed by atoms with Gasteiger partial charge in [0.1, 0.15) is 12.4 Å². The number of aromatic nitrogens is 2. The predicted octanol–water partition coefficient (Wildman–Crippen LogP) is 0.598. The minimum atomic E-state index is -0.0953. The van der Waals surface area contributed by atoms with Gasteiger partial charge in [-0.25, -0.2) is 4.98 Å². The van der Waals surface area contributed by atoms with E-state index in [4.69, 9.17) is 4.74 Å². The summed E-state index contributed by atoms with van der Waals surface area (Å²) in [6.45, 7) is 5.14. The van der Waals surface area contributed by atoms with Crippen LogP contribution in [0.2, 0.25) is 0 Å². The molecule has 1 aromatic heterocycles. The quantitative estimate of drug-likeness (QED) is 0.815. The summed E-state index contributed by atoms with van der Waals surface area (Å²) < 4.78 is 7.00. The van der Waals surface area contributed by atoms with Crippen LogP contribution in [0.15, 0.2) is 6.20 Å². The molecule has 3 rings (SSSR count). The fraction of sp³-hybridized carbons (Fsp3) is 0.688. The molecule has 2 aliphatic heterocycles. The summed E-state index contributed by atoms with van der Waals surface area (Å²) in [6.07, 6.45) is 4.49. The number of amides is 2. The van der Waals surface area contributed by atoms with Crippen LogP contribution >= 0.6 is 0 Å². The molecular weight excluding hydrogens is 296 g/mol. The van der Waals surface area contributed by atoms with E-state index in [1.807, 2.05) is 18.0 Å². The number of fused-ring (bicyclic) bond motifs is 1. The standard InChI is InChI=1S/C16H24N4O3/c1-12-16-17-13(9-14(21)18-5-3-4-6-18)10-19(16)7-8-20(12)15(22)11-23-2/h10,12H,3-9,11H2,1-2H3/t12-/m0/s1. The highest BCUT2D eigenvalue weighted by molar-refractivity contribution is 5.79. The van der Waals surface area contributed by atoms with Crippen LogP contribution in [0.4, 0.5) is 0 Å². The maximum absolute atomic E-state index is 12.3. The van der Waals surface area contributed by atoms with Crippen LogP contribution in [0.1, 0.15) is 37.3 Å². The van der Waals surface area contributed by atoms with E-state index in [1.54, 1.807) is 4.90 Å². The number of nitrogens with zero attached hydrogens (tertiary/aromatic N) is 4. The highest BCUT2D eigenvalue weighted by Gasteiger charge is 2.30. The van der Waals surface area contributed by atoms with Crippen molar-refractivity contribution < 1.29 is 14.3 Å². The summed E-state index contributed by atoms with van der Waals surface area (Å²) >= 11 is 0. The van der Waals surface area contributed by atoms with Crippen molar-refractivity contribution in [1.29, 1.82) is 0 Å². The van der Waals surface area contributed by atoms with E-state index < -0.39 is 0 Å². The predicted molar refractivity (Wildman–Crippen MR) is 83.7 cm³/mol. The van der Waals surface area contributed by atoms with Crippen LogP contribution in [0.25, 0.3) is 0 Å². The average Bonchev–Trinajstić information content (AvgIpc) is 3.16. The lowest BCUT2D eigenvalue weighted by molar-refractivity contribution is -0.138. The molecule has 0 unspecified atom stereocenters. The highest BCUT2D eigenvalue weighted by Crippen LogP contribution is 2.25. The SMILES string of the molecule is COCC(=O)N1CCn2cc(CC(=O)N3CCCC3)nc2[C@@H]1C.